The van der Waals surface area contributed by atoms with Crippen LogP contribution in [0.1, 0.15) is 13.8 Å². The van der Waals surface area contributed by atoms with Crippen LogP contribution in [-0.4, -0.2) is 38.5 Å². The monoisotopic (exact) mass is 201 g/mol. The van der Waals surface area contributed by atoms with Gasteiger partial charge in [-0.05, 0) is 17.0 Å². The van der Waals surface area contributed by atoms with Crippen LogP contribution in [0.2, 0.25) is 0 Å². The summed E-state index contributed by atoms with van der Waals surface area (Å²) in [6.07, 6.45) is 0. The molecule has 0 aromatic carbocycles. The van der Waals surface area contributed by atoms with Crippen LogP contribution in [0, 0.1) is 0 Å². The Kier molecular flexibility index (Phi) is 4.17. The zero-order valence-corrected chi connectivity index (χ0v) is 9.01. The van der Waals surface area contributed by atoms with Gasteiger partial charge in [-0.25, -0.2) is 4.68 Å². The van der Waals surface area contributed by atoms with Crippen LogP contribution in [0.4, 0.5) is 0 Å². The lowest BCUT2D eigenvalue weighted by Crippen LogP contribution is -2.22. The van der Waals surface area contributed by atoms with Crippen molar-refractivity contribution in [3.63, 3.8) is 0 Å². The van der Waals surface area contributed by atoms with E-state index in [1.807, 2.05) is 7.05 Å². The topological polar surface area (TPSA) is 55.6 Å². The molecule has 0 aliphatic rings. The first-order chi connectivity index (χ1) is 6.24. The van der Waals surface area contributed by atoms with E-state index in [1.165, 1.54) is 0 Å². The molecule has 1 N–H and O–H groups in total. The maximum absolute atomic E-state index is 3.90. The van der Waals surface area contributed by atoms with Crippen molar-refractivity contribution in [2.45, 2.75) is 24.3 Å². The van der Waals surface area contributed by atoms with Gasteiger partial charge in [-0.1, -0.05) is 25.6 Å². The van der Waals surface area contributed by atoms with Crippen molar-refractivity contribution in [1.82, 2.24) is 25.5 Å². The maximum atomic E-state index is 3.90. The number of aromatic nitrogens is 4. The highest BCUT2D eigenvalue weighted by Crippen LogP contribution is 2.18. The fraction of sp³-hybridized carbons (Fsp3) is 0.857. The molecule has 0 amide bonds. The summed E-state index contributed by atoms with van der Waals surface area (Å²) in [5.74, 6) is 0. The molecule has 0 radical (unpaired) electrons. The Balaban J connectivity index is 2.36. The highest BCUT2D eigenvalue weighted by molar-refractivity contribution is 7.99. The Morgan fingerprint density at radius 1 is 1.62 bits per heavy atom. The molecule has 6 heteroatoms. The first kappa shape index (κ1) is 10.5. The van der Waals surface area contributed by atoms with Crippen molar-refractivity contribution in [3.05, 3.63) is 0 Å². The largest absolute Gasteiger partial charge is 0.316 e. The minimum atomic E-state index is 0.490. The summed E-state index contributed by atoms with van der Waals surface area (Å²) < 4.78 is 1.69. The zero-order valence-electron chi connectivity index (χ0n) is 8.19. The lowest BCUT2D eigenvalue weighted by Gasteiger charge is -2.09. The summed E-state index contributed by atoms with van der Waals surface area (Å²) in [6, 6.07) is 0. The van der Waals surface area contributed by atoms with Gasteiger partial charge in [0.15, 0.2) is 0 Å². The molecule has 0 bridgehead atoms. The molecule has 1 heterocycles. The van der Waals surface area contributed by atoms with Crippen LogP contribution >= 0.6 is 11.8 Å². The Labute approximate surface area is 82.3 Å². The third-order valence-electron chi connectivity index (χ3n) is 1.57. The predicted octanol–water partition coefficient (Wildman–Crippen LogP) is 0.300. The number of rotatable bonds is 5. The maximum Gasteiger partial charge on any atom is 0.209 e. The lowest BCUT2D eigenvalue weighted by atomic mass is 10.5. The van der Waals surface area contributed by atoms with Gasteiger partial charge in [-0.3, -0.25) is 0 Å². The number of aryl methyl sites for hydroxylation is 1. The predicted molar refractivity (Wildman–Crippen MR) is 52.7 cm³/mol. The normalized spacial score (nSPS) is 13.2. The molecule has 1 unspecified atom stereocenters. The number of nitrogens with zero attached hydrogens (tertiary/aromatic N) is 4. The van der Waals surface area contributed by atoms with Gasteiger partial charge in [-0.15, -0.1) is 5.10 Å². The van der Waals surface area contributed by atoms with Crippen LogP contribution in [0.5, 0.6) is 0 Å². The van der Waals surface area contributed by atoms with Crippen LogP contribution in [0.3, 0.4) is 0 Å². The Bertz CT molecular complexity index is 249. The first-order valence-corrected chi connectivity index (χ1v) is 5.21. The molecule has 13 heavy (non-hydrogen) atoms. The standard InChI is InChI=1S/C7H15N5S/c1-4-8-5-6(2)13-7-9-10-11-12(7)3/h6,8H,4-5H2,1-3H3. The van der Waals surface area contributed by atoms with Crippen LogP contribution in [0.25, 0.3) is 0 Å². The Morgan fingerprint density at radius 3 is 2.92 bits per heavy atom. The molecule has 0 saturated heterocycles. The quantitative estimate of drug-likeness (QED) is 0.694. The molecule has 74 valence electrons. The van der Waals surface area contributed by atoms with Crippen LogP contribution in [0.15, 0.2) is 5.16 Å². The first-order valence-electron chi connectivity index (χ1n) is 4.33. The number of tetrazole rings is 1. The van der Waals surface area contributed by atoms with Gasteiger partial charge >= 0.3 is 0 Å². The van der Waals surface area contributed by atoms with Gasteiger partial charge in [0.2, 0.25) is 5.16 Å². The summed E-state index contributed by atoms with van der Waals surface area (Å²) in [7, 11) is 1.85. The van der Waals surface area contributed by atoms with E-state index in [1.54, 1.807) is 16.4 Å². The molecular weight excluding hydrogens is 186 g/mol. The molecular formula is C7H15N5S. The molecule has 1 atom stereocenters. The van der Waals surface area contributed by atoms with E-state index in [0.717, 1.165) is 18.2 Å². The third kappa shape index (κ3) is 3.31. The third-order valence-corrected chi connectivity index (χ3v) is 2.70. The van der Waals surface area contributed by atoms with Gasteiger partial charge in [0.1, 0.15) is 0 Å². The summed E-state index contributed by atoms with van der Waals surface area (Å²) >= 11 is 1.68. The second-order valence-corrected chi connectivity index (χ2v) is 4.23. The van der Waals surface area contributed by atoms with Gasteiger partial charge < -0.3 is 5.32 Å². The van der Waals surface area contributed by atoms with Crippen molar-refractivity contribution in [1.29, 1.82) is 0 Å². The average Bonchev–Trinajstić information content (AvgIpc) is 2.48. The number of thioether (sulfide) groups is 1. The lowest BCUT2D eigenvalue weighted by molar-refractivity contribution is 0.659. The van der Waals surface area contributed by atoms with Crippen LogP contribution in [-0.2, 0) is 7.05 Å². The average molecular weight is 201 g/mol. The Morgan fingerprint density at radius 2 is 2.38 bits per heavy atom. The van der Waals surface area contributed by atoms with Gasteiger partial charge in [0, 0.05) is 18.8 Å². The zero-order chi connectivity index (χ0) is 9.68. The number of nitrogens with one attached hydrogen (secondary N) is 1. The van der Waals surface area contributed by atoms with E-state index in [4.69, 9.17) is 0 Å². The summed E-state index contributed by atoms with van der Waals surface area (Å²) in [5.41, 5.74) is 0. The second-order valence-electron chi connectivity index (χ2n) is 2.82. The van der Waals surface area contributed by atoms with E-state index >= 15 is 0 Å². The molecule has 0 fully saturated rings. The molecule has 5 nitrogen and oxygen atoms in total. The van der Waals surface area contributed by atoms with Gasteiger partial charge in [0.05, 0.1) is 0 Å². The molecule has 1 rings (SSSR count). The van der Waals surface area contributed by atoms with E-state index in [-0.39, 0.29) is 0 Å². The molecule has 0 aliphatic carbocycles. The minimum Gasteiger partial charge on any atom is -0.316 e. The number of hydrogen-bond acceptors (Lipinski definition) is 5. The van der Waals surface area contributed by atoms with Crippen molar-refractivity contribution in [2.75, 3.05) is 13.1 Å². The highest BCUT2D eigenvalue weighted by atomic mass is 32.2. The fourth-order valence-electron chi connectivity index (χ4n) is 0.890. The molecule has 1 aromatic rings. The van der Waals surface area contributed by atoms with Crippen molar-refractivity contribution < 1.29 is 0 Å². The van der Waals surface area contributed by atoms with Gasteiger partial charge in [0.25, 0.3) is 0 Å². The van der Waals surface area contributed by atoms with Crippen molar-refractivity contribution >= 4 is 11.8 Å². The minimum absolute atomic E-state index is 0.490. The van der Waals surface area contributed by atoms with E-state index in [0.29, 0.717) is 5.25 Å². The summed E-state index contributed by atoms with van der Waals surface area (Å²) in [6.45, 7) is 6.24. The number of hydrogen-bond donors (Lipinski definition) is 1. The molecule has 0 spiro atoms. The second kappa shape index (κ2) is 5.18. The van der Waals surface area contributed by atoms with Gasteiger partial charge in [-0.2, -0.15) is 0 Å². The van der Waals surface area contributed by atoms with E-state index in [9.17, 15) is 0 Å². The smallest absolute Gasteiger partial charge is 0.209 e. The summed E-state index contributed by atoms with van der Waals surface area (Å²) in [4.78, 5) is 0. The highest BCUT2D eigenvalue weighted by Gasteiger charge is 2.08. The van der Waals surface area contributed by atoms with E-state index < -0.39 is 0 Å². The van der Waals surface area contributed by atoms with Crippen LogP contribution < -0.4 is 5.32 Å². The van der Waals surface area contributed by atoms with Crippen molar-refractivity contribution in [2.24, 2.45) is 7.05 Å². The SMILES string of the molecule is CCNCC(C)Sc1nnnn1C. The van der Waals surface area contributed by atoms with Crippen molar-refractivity contribution in [3.8, 4) is 0 Å². The molecule has 0 saturated carbocycles. The molecule has 0 aliphatic heterocycles. The molecule has 1 aromatic heterocycles. The Hall–Kier alpha value is -0.620. The fourth-order valence-corrected chi connectivity index (χ4v) is 1.72. The van der Waals surface area contributed by atoms with E-state index in [2.05, 4.69) is 34.7 Å². The summed E-state index contributed by atoms with van der Waals surface area (Å²) in [5, 5.41) is 15.9.